The zero-order valence-electron chi connectivity index (χ0n) is 7.43. The molecule has 0 radical (unpaired) electrons. The first-order valence-corrected chi connectivity index (χ1v) is 4.08. The van der Waals surface area contributed by atoms with Crippen LogP contribution in [-0.4, -0.2) is 13.1 Å². The van der Waals surface area contributed by atoms with Crippen molar-refractivity contribution in [3.05, 3.63) is 28.3 Å². The number of methoxy groups -OCH3 is 1. The molecule has 1 rings (SSSR count). The second-order valence-electron chi connectivity index (χ2n) is 2.69. The number of hydrogen-bond acceptors (Lipinski definition) is 3. The maximum absolute atomic E-state index is 11.2. The molecule has 0 aromatic heterocycles. The number of carbonyl (C=O) groups excluding carboxylic acids is 1. The summed E-state index contributed by atoms with van der Waals surface area (Å²) in [6, 6.07) is 3.20. The van der Waals surface area contributed by atoms with E-state index in [2.05, 4.69) is 4.74 Å². The Balaban J connectivity index is 3.28. The lowest BCUT2D eigenvalue weighted by Gasteiger charge is -2.06. The van der Waals surface area contributed by atoms with Crippen LogP contribution in [0.4, 0.5) is 5.69 Å². The third-order valence-corrected chi connectivity index (χ3v) is 2.18. The van der Waals surface area contributed by atoms with E-state index in [1.165, 1.54) is 13.2 Å². The molecule has 3 nitrogen and oxygen atoms in total. The molecule has 2 N–H and O–H groups in total. The Morgan fingerprint density at radius 1 is 1.54 bits per heavy atom. The molecule has 0 unspecified atom stereocenters. The average molecular weight is 200 g/mol. The highest BCUT2D eigenvalue weighted by Gasteiger charge is 2.12. The molecule has 0 spiro atoms. The molecule has 4 heteroatoms. The zero-order chi connectivity index (χ0) is 10.0. The average Bonchev–Trinajstić information content (AvgIpc) is 2.10. The van der Waals surface area contributed by atoms with Gasteiger partial charge in [0.05, 0.1) is 17.7 Å². The minimum Gasteiger partial charge on any atom is -0.465 e. The van der Waals surface area contributed by atoms with Gasteiger partial charge >= 0.3 is 5.97 Å². The lowest BCUT2D eigenvalue weighted by molar-refractivity contribution is 0.0601. The monoisotopic (exact) mass is 199 g/mol. The molecule has 0 saturated carbocycles. The van der Waals surface area contributed by atoms with Crippen molar-refractivity contribution in [2.24, 2.45) is 0 Å². The number of esters is 1. The molecule has 0 atom stereocenters. The Hall–Kier alpha value is -1.22. The van der Waals surface area contributed by atoms with Crippen LogP contribution >= 0.6 is 11.6 Å². The van der Waals surface area contributed by atoms with Crippen molar-refractivity contribution in [3.8, 4) is 0 Å². The lowest BCUT2D eigenvalue weighted by atomic mass is 10.1. The number of carbonyl (C=O) groups is 1. The molecule has 70 valence electrons. The van der Waals surface area contributed by atoms with Crippen molar-refractivity contribution in [3.63, 3.8) is 0 Å². The van der Waals surface area contributed by atoms with Crippen molar-refractivity contribution in [2.45, 2.75) is 6.92 Å². The number of benzene rings is 1. The third kappa shape index (κ3) is 1.92. The highest BCUT2D eigenvalue weighted by Crippen LogP contribution is 2.24. The summed E-state index contributed by atoms with van der Waals surface area (Å²) in [6.45, 7) is 1.78. The van der Waals surface area contributed by atoms with Crippen LogP contribution in [0.5, 0.6) is 0 Å². The summed E-state index contributed by atoms with van der Waals surface area (Å²) in [5.41, 5.74) is 7.13. The van der Waals surface area contributed by atoms with Gasteiger partial charge in [-0.2, -0.15) is 0 Å². The van der Waals surface area contributed by atoms with Gasteiger partial charge in [-0.15, -0.1) is 0 Å². The predicted octanol–water partition coefficient (Wildman–Crippen LogP) is 2.02. The van der Waals surface area contributed by atoms with Crippen LogP contribution in [0.1, 0.15) is 15.9 Å². The molecule has 13 heavy (non-hydrogen) atoms. The van der Waals surface area contributed by atoms with E-state index in [1.54, 1.807) is 13.0 Å². The SMILES string of the molecule is COC(=O)c1cc(N)cc(C)c1Cl. The van der Waals surface area contributed by atoms with Crippen LogP contribution in [0.2, 0.25) is 5.02 Å². The first-order chi connectivity index (χ1) is 6.06. The Labute approximate surface area is 81.4 Å². The molecule has 0 heterocycles. The van der Waals surface area contributed by atoms with Gasteiger partial charge in [0.25, 0.3) is 0 Å². The summed E-state index contributed by atoms with van der Waals surface area (Å²) in [5.74, 6) is -0.472. The van der Waals surface area contributed by atoms with Gasteiger partial charge in [0, 0.05) is 5.69 Å². The lowest BCUT2D eigenvalue weighted by Crippen LogP contribution is -2.04. The summed E-state index contributed by atoms with van der Waals surface area (Å²) in [7, 11) is 1.30. The Morgan fingerprint density at radius 3 is 2.69 bits per heavy atom. The summed E-state index contributed by atoms with van der Waals surface area (Å²) in [4.78, 5) is 11.2. The molecule has 1 aromatic carbocycles. The maximum Gasteiger partial charge on any atom is 0.339 e. The Bertz CT molecular complexity index is 350. The van der Waals surface area contributed by atoms with Crippen molar-refractivity contribution >= 4 is 23.3 Å². The van der Waals surface area contributed by atoms with E-state index in [1.807, 2.05) is 0 Å². The highest BCUT2D eigenvalue weighted by molar-refractivity contribution is 6.34. The fraction of sp³-hybridized carbons (Fsp3) is 0.222. The number of hydrogen-bond donors (Lipinski definition) is 1. The van der Waals surface area contributed by atoms with E-state index in [0.717, 1.165) is 5.56 Å². The second kappa shape index (κ2) is 3.66. The van der Waals surface area contributed by atoms with E-state index in [4.69, 9.17) is 17.3 Å². The molecule has 0 amide bonds. The smallest absolute Gasteiger partial charge is 0.339 e. The minimum absolute atomic E-state index is 0.307. The van der Waals surface area contributed by atoms with Crippen LogP contribution in [0.15, 0.2) is 12.1 Å². The predicted molar refractivity (Wildman–Crippen MR) is 51.9 cm³/mol. The first kappa shape index (κ1) is 9.86. The van der Waals surface area contributed by atoms with Gasteiger partial charge in [0.15, 0.2) is 0 Å². The molecular weight excluding hydrogens is 190 g/mol. The standard InChI is InChI=1S/C9H10ClNO2/c1-5-3-6(11)4-7(8(5)10)9(12)13-2/h3-4H,11H2,1-2H3. The molecule has 0 aliphatic rings. The molecule has 0 aliphatic heterocycles. The normalized spacial score (nSPS) is 9.77. The van der Waals surface area contributed by atoms with Gasteiger partial charge in [-0.1, -0.05) is 11.6 Å². The summed E-state index contributed by atoms with van der Waals surface area (Å²) >= 11 is 5.88. The molecule has 0 aliphatic carbocycles. The molecule has 0 saturated heterocycles. The van der Waals surface area contributed by atoms with Crippen LogP contribution in [0, 0.1) is 6.92 Å². The number of nitrogens with two attached hydrogens (primary N) is 1. The van der Waals surface area contributed by atoms with Gasteiger partial charge in [0.2, 0.25) is 0 Å². The molecule has 0 fully saturated rings. The molecule has 1 aromatic rings. The minimum atomic E-state index is -0.472. The van der Waals surface area contributed by atoms with Crippen molar-refractivity contribution in [1.29, 1.82) is 0 Å². The molecule has 0 bridgehead atoms. The molecular formula is C9H10ClNO2. The van der Waals surface area contributed by atoms with E-state index in [-0.39, 0.29) is 0 Å². The Morgan fingerprint density at radius 2 is 2.15 bits per heavy atom. The quantitative estimate of drug-likeness (QED) is 0.556. The topological polar surface area (TPSA) is 52.3 Å². The maximum atomic E-state index is 11.2. The number of anilines is 1. The van der Waals surface area contributed by atoms with Crippen molar-refractivity contribution < 1.29 is 9.53 Å². The summed E-state index contributed by atoms with van der Waals surface area (Å²) in [6.07, 6.45) is 0. The fourth-order valence-corrected chi connectivity index (χ4v) is 1.24. The largest absolute Gasteiger partial charge is 0.465 e. The summed E-state index contributed by atoms with van der Waals surface area (Å²) < 4.78 is 4.55. The number of nitrogen functional groups attached to an aromatic ring is 1. The van der Waals surface area contributed by atoms with E-state index < -0.39 is 5.97 Å². The first-order valence-electron chi connectivity index (χ1n) is 3.70. The van der Waals surface area contributed by atoms with Gasteiger partial charge in [0.1, 0.15) is 0 Å². The zero-order valence-corrected chi connectivity index (χ0v) is 8.18. The number of ether oxygens (including phenoxy) is 1. The van der Waals surface area contributed by atoms with E-state index in [0.29, 0.717) is 16.3 Å². The van der Waals surface area contributed by atoms with E-state index in [9.17, 15) is 4.79 Å². The number of halogens is 1. The number of aryl methyl sites for hydroxylation is 1. The fourth-order valence-electron chi connectivity index (χ4n) is 1.06. The van der Waals surface area contributed by atoms with E-state index >= 15 is 0 Å². The van der Waals surface area contributed by atoms with Gasteiger partial charge in [-0.25, -0.2) is 4.79 Å². The second-order valence-corrected chi connectivity index (χ2v) is 3.07. The highest BCUT2D eigenvalue weighted by atomic mass is 35.5. The van der Waals surface area contributed by atoms with Gasteiger partial charge < -0.3 is 10.5 Å². The summed E-state index contributed by atoms with van der Waals surface area (Å²) in [5, 5.41) is 0.390. The van der Waals surface area contributed by atoms with Crippen LogP contribution in [0.3, 0.4) is 0 Å². The third-order valence-electron chi connectivity index (χ3n) is 1.68. The Kier molecular flexibility index (Phi) is 2.78. The van der Waals surface area contributed by atoms with Crippen molar-refractivity contribution in [2.75, 3.05) is 12.8 Å². The van der Waals surface area contributed by atoms with Crippen molar-refractivity contribution in [1.82, 2.24) is 0 Å². The van der Waals surface area contributed by atoms with Crippen LogP contribution < -0.4 is 5.73 Å². The van der Waals surface area contributed by atoms with Gasteiger partial charge in [-0.05, 0) is 24.6 Å². The van der Waals surface area contributed by atoms with Crippen LogP contribution in [-0.2, 0) is 4.74 Å². The van der Waals surface area contributed by atoms with Crippen LogP contribution in [0.25, 0.3) is 0 Å². The number of rotatable bonds is 1. The van der Waals surface area contributed by atoms with Gasteiger partial charge in [-0.3, -0.25) is 0 Å².